The third-order valence-electron chi connectivity index (χ3n) is 6.82. The van der Waals surface area contributed by atoms with E-state index in [1.807, 2.05) is 31.4 Å². The molecule has 0 amide bonds. The summed E-state index contributed by atoms with van der Waals surface area (Å²) < 4.78 is 21.2. The molecule has 1 saturated heterocycles. The normalized spacial score (nSPS) is 15.2. The van der Waals surface area contributed by atoms with Gasteiger partial charge in [-0.3, -0.25) is 9.88 Å². The maximum atomic E-state index is 13.8. The third kappa shape index (κ3) is 4.79. The molecule has 0 spiro atoms. The first-order valence-corrected chi connectivity index (χ1v) is 11.6. The van der Waals surface area contributed by atoms with Crippen molar-refractivity contribution in [2.24, 2.45) is 7.05 Å². The van der Waals surface area contributed by atoms with E-state index in [1.165, 1.54) is 28.5 Å². The van der Waals surface area contributed by atoms with Crippen LogP contribution in [0.1, 0.15) is 41.1 Å². The molecule has 3 heterocycles. The molecule has 5 heteroatoms. The first-order valence-electron chi connectivity index (χ1n) is 11.6. The molecule has 0 aliphatic carbocycles. The minimum Gasteiger partial charge on any atom is -0.497 e. The molecule has 1 aliphatic heterocycles. The summed E-state index contributed by atoms with van der Waals surface area (Å²) >= 11 is 0. The Kier molecular flexibility index (Phi) is 6.14. The van der Waals surface area contributed by atoms with Crippen LogP contribution in [0.4, 0.5) is 4.39 Å². The summed E-state index contributed by atoms with van der Waals surface area (Å²) in [6.07, 6.45) is 7.21. The fourth-order valence-corrected chi connectivity index (χ4v) is 5.00. The van der Waals surface area contributed by atoms with Gasteiger partial charge in [0.25, 0.3) is 0 Å². The molecule has 5 rings (SSSR count). The van der Waals surface area contributed by atoms with E-state index in [0.717, 1.165) is 55.5 Å². The third-order valence-corrected chi connectivity index (χ3v) is 6.82. The Morgan fingerprint density at radius 2 is 1.88 bits per heavy atom. The van der Waals surface area contributed by atoms with Crippen molar-refractivity contribution in [2.45, 2.75) is 31.7 Å². The van der Waals surface area contributed by atoms with E-state index in [9.17, 15) is 4.39 Å². The lowest BCUT2D eigenvalue weighted by molar-refractivity contribution is 0.204. The van der Waals surface area contributed by atoms with Gasteiger partial charge in [-0.15, -0.1) is 0 Å². The molecule has 1 aliphatic rings. The summed E-state index contributed by atoms with van der Waals surface area (Å²) in [4.78, 5) is 7.29. The van der Waals surface area contributed by atoms with Crippen LogP contribution in [0.2, 0.25) is 0 Å². The second-order valence-corrected chi connectivity index (χ2v) is 9.10. The van der Waals surface area contributed by atoms with Crippen LogP contribution >= 0.6 is 0 Å². The Balaban J connectivity index is 1.19. The van der Waals surface area contributed by atoms with Crippen LogP contribution < -0.4 is 4.74 Å². The first kappa shape index (κ1) is 21.7. The Morgan fingerprint density at radius 3 is 2.64 bits per heavy atom. The molecule has 0 bridgehead atoms. The van der Waals surface area contributed by atoms with Crippen molar-refractivity contribution in [1.82, 2.24) is 14.5 Å². The van der Waals surface area contributed by atoms with Gasteiger partial charge in [0.15, 0.2) is 0 Å². The molecule has 4 aromatic rings. The van der Waals surface area contributed by atoms with Crippen molar-refractivity contribution < 1.29 is 9.13 Å². The molecule has 2 aromatic carbocycles. The molecule has 0 N–H and O–H groups in total. The Hall–Kier alpha value is -3.18. The summed E-state index contributed by atoms with van der Waals surface area (Å²) in [7, 11) is 3.72. The van der Waals surface area contributed by atoms with E-state index in [1.54, 1.807) is 13.2 Å². The number of piperidine rings is 1. The molecule has 0 saturated carbocycles. The smallest absolute Gasteiger partial charge is 0.123 e. The summed E-state index contributed by atoms with van der Waals surface area (Å²) in [6, 6.07) is 17.7. The number of hydrogen-bond donors (Lipinski definition) is 0. The Morgan fingerprint density at radius 1 is 1.03 bits per heavy atom. The predicted molar refractivity (Wildman–Crippen MR) is 130 cm³/mol. The SMILES string of the molecule is COc1cccc(Cc2ccc(C3CCN(Cc4cn(C)c5ccc(F)cc45)CC3)nc2)c1. The fraction of sp³-hybridized carbons (Fsp3) is 0.321. The number of fused-ring (bicyclic) bond motifs is 1. The molecular formula is C28H30FN3O. The van der Waals surface area contributed by atoms with Gasteiger partial charge >= 0.3 is 0 Å². The van der Waals surface area contributed by atoms with Gasteiger partial charge in [0.1, 0.15) is 11.6 Å². The van der Waals surface area contributed by atoms with E-state index in [-0.39, 0.29) is 5.82 Å². The van der Waals surface area contributed by atoms with Gasteiger partial charge in [0, 0.05) is 48.5 Å². The van der Waals surface area contributed by atoms with E-state index >= 15 is 0 Å². The van der Waals surface area contributed by atoms with E-state index in [4.69, 9.17) is 9.72 Å². The number of rotatable bonds is 6. The standard InChI is InChI=1S/C28H30FN3O/c1-31-18-23(26-16-24(29)7-9-28(26)31)19-32-12-10-22(11-13-32)27-8-6-21(17-30-27)14-20-4-3-5-25(15-20)33-2/h3-9,15-18,22H,10-14,19H2,1-2H3. The predicted octanol–water partition coefficient (Wildman–Crippen LogP) is 5.69. The molecule has 2 aromatic heterocycles. The lowest BCUT2D eigenvalue weighted by Gasteiger charge is -2.31. The number of benzene rings is 2. The minimum atomic E-state index is -0.172. The van der Waals surface area contributed by atoms with Gasteiger partial charge in [-0.25, -0.2) is 4.39 Å². The summed E-state index contributed by atoms with van der Waals surface area (Å²) in [5.41, 5.74) is 5.92. The van der Waals surface area contributed by atoms with Crippen molar-refractivity contribution >= 4 is 10.9 Å². The van der Waals surface area contributed by atoms with Gasteiger partial charge in [-0.2, -0.15) is 0 Å². The number of aromatic nitrogens is 2. The van der Waals surface area contributed by atoms with Gasteiger partial charge in [0.2, 0.25) is 0 Å². The molecule has 0 unspecified atom stereocenters. The number of methoxy groups -OCH3 is 1. The van der Waals surface area contributed by atoms with Crippen LogP contribution in [0.25, 0.3) is 10.9 Å². The van der Waals surface area contributed by atoms with Crippen molar-refractivity contribution in [3.63, 3.8) is 0 Å². The summed E-state index contributed by atoms with van der Waals surface area (Å²) in [6.45, 7) is 2.92. The Bertz CT molecular complexity index is 1240. The first-order chi connectivity index (χ1) is 16.1. The van der Waals surface area contributed by atoms with E-state index in [2.05, 4.69) is 39.9 Å². The van der Waals surface area contributed by atoms with Gasteiger partial charge < -0.3 is 9.30 Å². The average molecular weight is 444 g/mol. The number of pyridine rings is 1. The maximum absolute atomic E-state index is 13.8. The number of aryl methyl sites for hydroxylation is 1. The van der Waals surface area contributed by atoms with E-state index < -0.39 is 0 Å². The molecule has 0 atom stereocenters. The highest BCUT2D eigenvalue weighted by Crippen LogP contribution is 2.29. The topological polar surface area (TPSA) is 30.3 Å². The average Bonchev–Trinajstić information content (AvgIpc) is 3.14. The fourth-order valence-electron chi connectivity index (χ4n) is 5.00. The number of halogens is 1. The highest BCUT2D eigenvalue weighted by Gasteiger charge is 2.22. The quantitative estimate of drug-likeness (QED) is 0.383. The highest BCUT2D eigenvalue weighted by molar-refractivity contribution is 5.84. The van der Waals surface area contributed by atoms with Crippen molar-refractivity contribution in [2.75, 3.05) is 20.2 Å². The zero-order valence-electron chi connectivity index (χ0n) is 19.3. The summed E-state index contributed by atoms with van der Waals surface area (Å²) in [5.74, 6) is 1.21. The number of hydrogen-bond acceptors (Lipinski definition) is 3. The van der Waals surface area contributed by atoms with E-state index in [0.29, 0.717) is 5.92 Å². The monoisotopic (exact) mass is 443 g/mol. The molecule has 170 valence electrons. The zero-order chi connectivity index (χ0) is 22.8. The lowest BCUT2D eigenvalue weighted by Crippen LogP contribution is -2.32. The maximum Gasteiger partial charge on any atom is 0.123 e. The highest BCUT2D eigenvalue weighted by atomic mass is 19.1. The second-order valence-electron chi connectivity index (χ2n) is 9.10. The number of likely N-dealkylation sites (tertiary alicyclic amines) is 1. The number of nitrogens with zero attached hydrogens (tertiary/aromatic N) is 3. The van der Waals surface area contributed by atoms with Crippen molar-refractivity contribution in [3.05, 3.63) is 95.2 Å². The van der Waals surface area contributed by atoms with Gasteiger partial charge in [-0.1, -0.05) is 18.2 Å². The van der Waals surface area contributed by atoms with Crippen LogP contribution in [0, 0.1) is 5.82 Å². The zero-order valence-corrected chi connectivity index (χ0v) is 19.3. The molecule has 4 nitrogen and oxygen atoms in total. The van der Waals surface area contributed by atoms with Crippen molar-refractivity contribution in [1.29, 1.82) is 0 Å². The Labute approximate surface area is 194 Å². The summed E-state index contributed by atoms with van der Waals surface area (Å²) in [5, 5.41) is 1.02. The minimum absolute atomic E-state index is 0.172. The van der Waals surface area contributed by atoms with Crippen LogP contribution in [-0.2, 0) is 20.0 Å². The largest absolute Gasteiger partial charge is 0.497 e. The van der Waals surface area contributed by atoms with Crippen LogP contribution in [0.3, 0.4) is 0 Å². The number of ether oxygens (including phenoxy) is 1. The van der Waals surface area contributed by atoms with Gasteiger partial charge in [0.05, 0.1) is 7.11 Å². The van der Waals surface area contributed by atoms with Gasteiger partial charge in [-0.05, 0) is 85.4 Å². The molecular weight excluding hydrogens is 413 g/mol. The molecule has 1 fully saturated rings. The van der Waals surface area contributed by atoms with Crippen molar-refractivity contribution in [3.8, 4) is 5.75 Å². The van der Waals surface area contributed by atoms with Crippen LogP contribution in [0.15, 0.2) is 67.0 Å². The lowest BCUT2D eigenvalue weighted by atomic mass is 9.92. The molecule has 33 heavy (non-hydrogen) atoms. The van der Waals surface area contributed by atoms with Crippen LogP contribution in [-0.4, -0.2) is 34.7 Å². The molecule has 0 radical (unpaired) electrons. The van der Waals surface area contributed by atoms with Crippen LogP contribution in [0.5, 0.6) is 5.75 Å². The second kappa shape index (κ2) is 9.36.